The molecule has 4 nitrogen and oxygen atoms in total. The predicted octanol–water partition coefficient (Wildman–Crippen LogP) is 2.08. The van der Waals surface area contributed by atoms with E-state index in [2.05, 4.69) is 6.92 Å². The molecule has 0 radical (unpaired) electrons. The molecule has 0 amide bonds. The molecule has 4 heteroatoms. The van der Waals surface area contributed by atoms with Gasteiger partial charge in [0.05, 0.1) is 5.41 Å². The van der Waals surface area contributed by atoms with Crippen LogP contribution in [0.4, 0.5) is 0 Å². The zero-order valence-electron chi connectivity index (χ0n) is 10.4. The van der Waals surface area contributed by atoms with E-state index in [0.29, 0.717) is 24.7 Å². The quantitative estimate of drug-likeness (QED) is 0.767. The minimum Gasteiger partial charge on any atom is -0.481 e. The van der Waals surface area contributed by atoms with E-state index in [1.807, 2.05) is 6.92 Å². The van der Waals surface area contributed by atoms with Gasteiger partial charge in [-0.1, -0.05) is 6.92 Å². The highest BCUT2D eigenvalue weighted by atomic mass is 16.5. The molecule has 2 bridgehead atoms. The van der Waals surface area contributed by atoms with Crippen LogP contribution in [-0.4, -0.2) is 23.7 Å². The van der Waals surface area contributed by atoms with Crippen LogP contribution in [0.2, 0.25) is 0 Å². The first kappa shape index (κ1) is 12.4. The van der Waals surface area contributed by atoms with Gasteiger partial charge in [-0.25, -0.2) is 0 Å². The normalized spacial score (nSPS) is 45.1. The molecule has 0 spiro atoms. The summed E-state index contributed by atoms with van der Waals surface area (Å²) in [4.78, 5) is 21.9. The summed E-state index contributed by atoms with van der Waals surface area (Å²) < 4.78 is 5.18. The molecule has 2 aliphatic carbocycles. The minimum absolute atomic E-state index is 0.0947. The first-order chi connectivity index (χ1) is 7.96. The molecule has 0 heterocycles. The van der Waals surface area contributed by atoms with Gasteiger partial charge in [0, 0.05) is 0 Å². The summed E-state index contributed by atoms with van der Waals surface area (Å²) in [7, 11) is 0. The lowest BCUT2D eigenvalue weighted by Crippen LogP contribution is -2.47. The number of rotatable bonds is 3. The fourth-order valence-electron chi connectivity index (χ4n) is 3.93. The molecule has 96 valence electrons. The largest absolute Gasteiger partial charge is 0.481 e. The van der Waals surface area contributed by atoms with E-state index in [-0.39, 0.29) is 12.0 Å². The van der Waals surface area contributed by atoms with E-state index in [0.717, 1.165) is 19.3 Å². The van der Waals surface area contributed by atoms with Crippen LogP contribution in [-0.2, 0) is 14.3 Å². The highest BCUT2D eigenvalue weighted by molar-refractivity contribution is 5.74. The highest BCUT2D eigenvalue weighted by Gasteiger charge is 2.49. The van der Waals surface area contributed by atoms with Crippen LogP contribution < -0.4 is 0 Å². The van der Waals surface area contributed by atoms with Gasteiger partial charge in [-0.15, -0.1) is 0 Å². The smallest absolute Gasteiger partial charge is 0.309 e. The summed E-state index contributed by atoms with van der Waals surface area (Å²) >= 11 is 0. The lowest BCUT2D eigenvalue weighted by Gasteiger charge is -2.48. The van der Waals surface area contributed by atoms with E-state index in [4.69, 9.17) is 4.74 Å². The Labute approximate surface area is 101 Å². The van der Waals surface area contributed by atoms with Crippen molar-refractivity contribution in [2.45, 2.75) is 45.6 Å². The van der Waals surface area contributed by atoms with E-state index in [9.17, 15) is 14.7 Å². The van der Waals surface area contributed by atoms with E-state index < -0.39 is 11.4 Å². The molecular weight excluding hydrogens is 220 g/mol. The van der Waals surface area contributed by atoms with Gasteiger partial charge in [-0.05, 0) is 50.4 Å². The van der Waals surface area contributed by atoms with Gasteiger partial charge in [-0.2, -0.15) is 0 Å². The summed E-state index contributed by atoms with van der Waals surface area (Å²) in [5.74, 6) is 0.314. The van der Waals surface area contributed by atoms with Gasteiger partial charge in [0.2, 0.25) is 0 Å². The second kappa shape index (κ2) is 4.31. The summed E-state index contributed by atoms with van der Waals surface area (Å²) in [6.07, 6.45) is 3.27. The number of ether oxygens (including phenoxy) is 1. The zero-order valence-corrected chi connectivity index (χ0v) is 10.4. The van der Waals surface area contributed by atoms with Crippen LogP contribution in [0.15, 0.2) is 0 Å². The second-order valence-corrected chi connectivity index (χ2v) is 6.05. The van der Waals surface area contributed by atoms with Crippen molar-refractivity contribution in [2.24, 2.45) is 23.2 Å². The number of aliphatic carboxylic acids is 1. The maximum absolute atomic E-state index is 11.3. The molecule has 1 N–H and O–H groups in total. The Morgan fingerprint density at radius 2 is 2.12 bits per heavy atom. The third kappa shape index (κ3) is 2.17. The van der Waals surface area contributed by atoms with Crippen molar-refractivity contribution in [1.29, 1.82) is 0 Å². The summed E-state index contributed by atoms with van der Waals surface area (Å²) in [6.45, 7) is 4.42. The molecule has 0 aliphatic heterocycles. The molecule has 2 fully saturated rings. The average molecular weight is 240 g/mol. The van der Waals surface area contributed by atoms with Crippen LogP contribution in [0, 0.1) is 23.2 Å². The highest BCUT2D eigenvalue weighted by Crippen LogP contribution is 2.51. The lowest BCUT2D eigenvalue weighted by molar-refractivity contribution is -0.161. The molecule has 0 saturated heterocycles. The molecule has 0 aromatic heterocycles. The standard InChI is InChI=1S/C13H20O4/c1-8-3-9-4-10(11(8)17-7-14)6-13(2,5-9)12(15)16/h7-11H,3-6H2,1-2H3,(H,15,16). The molecule has 2 aliphatic rings. The first-order valence-corrected chi connectivity index (χ1v) is 6.29. The Morgan fingerprint density at radius 1 is 1.41 bits per heavy atom. The lowest BCUT2D eigenvalue weighted by atomic mass is 9.58. The molecule has 0 aromatic carbocycles. The molecule has 2 saturated carbocycles. The third-order valence-corrected chi connectivity index (χ3v) is 4.55. The molecule has 5 unspecified atom stereocenters. The van der Waals surface area contributed by atoms with Crippen molar-refractivity contribution in [3.05, 3.63) is 0 Å². The van der Waals surface area contributed by atoms with Crippen molar-refractivity contribution >= 4 is 12.4 Å². The molecule has 5 atom stereocenters. The van der Waals surface area contributed by atoms with Gasteiger partial charge >= 0.3 is 5.97 Å². The van der Waals surface area contributed by atoms with Crippen molar-refractivity contribution < 1.29 is 19.4 Å². The number of fused-ring (bicyclic) bond motifs is 2. The van der Waals surface area contributed by atoms with Gasteiger partial charge in [0.15, 0.2) is 0 Å². The maximum Gasteiger partial charge on any atom is 0.309 e. The Kier molecular flexibility index (Phi) is 3.15. The Bertz CT molecular complexity index is 325. The fraction of sp³-hybridized carbons (Fsp3) is 0.846. The maximum atomic E-state index is 11.3. The number of hydrogen-bond acceptors (Lipinski definition) is 3. The van der Waals surface area contributed by atoms with Crippen molar-refractivity contribution in [3.8, 4) is 0 Å². The first-order valence-electron chi connectivity index (χ1n) is 6.29. The minimum atomic E-state index is -0.716. The topological polar surface area (TPSA) is 63.6 Å². The van der Waals surface area contributed by atoms with Crippen LogP contribution in [0.5, 0.6) is 0 Å². The van der Waals surface area contributed by atoms with Crippen LogP contribution >= 0.6 is 0 Å². The zero-order chi connectivity index (χ0) is 12.6. The third-order valence-electron chi connectivity index (χ3n) is 4.55. The van der Waals surface area contributed by atoms with Gasteiger partial charge in [0.25, 0.3) is 6.47 Å². The van der Waals surface area contributed by atoms with Crippen LogP contribution in [0.1, 0.15) is 39.5 Å². The number of carbonyl (C=O) groups is 2. The predicted molar refractivity (Wildman–Crippen MR) is 61.3 cm³/mol. The van der Waals surface area contributed by atoms with Crippen LogP contribution in [0.25, 0.3) is 0 Å². The number of hydrogen-bond donors (Lipinski definition) is 1. The molecular formula is C13H20O4. The SMILES string of the molecule is CC1CC2CC(CC(C)(C(=O)O)C2)C1OC=O. The van der Waals surface area contributed by atoms with Crippen molar-refractivity contribution in [3.63, 3.8) is 0 Å². The molecule has 17 heavy (non-hydrogen) atoms. The van der Waals surface area contributed by atoms with E-state index >= 15 is 0 Å². The monoisotopic (exact) mass is 240 g/mol. The number of carbonyl (C=O) groups excluding carboxylic acids is 1. The average Bonchev–Trinajstić information content (AvgIpc) is 2.23. The molecule has 0 aromatic rings. The Hall–Kier alpha value is -1.06. The summed E-state index contributed by atoms with van der Waals surface area (Å²) in [6, 6.07) is 0. The number of carboxylic acids is 1. The summed E-state index contributed by atoms with van der Waals surface area (Å²) in [5.41, 5.74) is -0.641. The summed E-state index contributed by atoms with van der Waals surface area (Å²) in [5, 5.41) is 9.32. The number of carboxylic acid groups (broad SMARTS) is 1. The van der Waals surface area contributed by atoms with Crippen LogP contribution in [0.3, 0.4) is 0 Å². The Morgan fingerprint density at radius 3 is 2.71 bits per heavy atom. The second-order valence-electron chi connectivity index (χ2n) is 6.05. The Balaban J connectivity index is 2.17. The van der Waals surface area contributed by atoms with E-state index in [1.54, 1.807) is 0 Å². The van der Waals surface area contributed by atoms with Gasteiger partial charge < -0.3 is 9.84 Å². The van der Waals surface area contributed by atoms with Gasteiger partial charge in [0.1, 0.15) is 6.10 Å². The van der Waals surface area contributed by atoms with E-state index in [1.165, 1.54) is 0 Å². The van der Waals surface area contributed by atoms with Crippen molar-refractivity contribution in [2.75, 3.05) is 0 Å². The van der Waals surface area contributed by atoms with Gasteiger partial charge in [-0.3, -0.25) is 9.59 Å². The van der Waals surface area contributed by atoms with Crippen molar-refractivity contribution in [1.82, 2.24) is 0 Å². The fourth-order valence-corrected chi connectivity index (χ4v) is 3.93. The molecule has 2 rings (SSSR count).